The fourth-order valence-electron chi connectivity index (χ4n) is 9.80. The number of para-hydroxylation sites is 3. The summed E-state index contributed by atoms with van der Waals surface area (Å²) in [5, 5.41) is 29.9. The lowest BCUT2D eigenvalue weighted by Gasteiger charge is -2.40. The summed E-state index contributed by atoms with van der Waals surface area (Å²) in [4.78, 5) is 54.6. The molecular weight excluding hydrogens is 887 g/mol. The number of nitrogens with zero attached hydrogens (tertiary/aromatic N) is 6. The topological polar surface area (TPSA) is 161 Å². The molecular formula is C59H67N7O5. The Morgan fingerprint density at radius 1 is 0.549 bits per heavy atom. The number of amides is 3. The first-order valence-electron chi connectivity index (χ1n) is 25.4. The van der Waals surface area contributed by atoms with Crippen molar-refractivity contribution in [3.05, 3.63) is 160 Å². The van der Waals surface area contributed by atoms with Gasteiger partial charge in [0, 0.05) is 114 Å². The Hall–Kier alpha value is -6.96. The summed E-state index contributed by atoms with van der Waals surface area (Å²) < 4.78 is 0. The summed E-state index contributed by atoms with van der Waals surface area (Å²) in [5.41, 5.74) is 10.3. The summed E-state index contributed by atoms with van der Waals surface area (Å²) in [7, 11) is 0. The Morgan fingerprint density at radius 3 is 1.41 bits per heavy atom. The van der Waals surface area contributed by atoms with Gasteiger partial charge in [0.15, 0.2) is 0 Å². The quantitative estimate of drug-likeness (QED) is 0.117. The van der Waals surface area contributed by atoms with Gasteiger partial charge in [0.05, 0.1) is 23.3 Å². The van der Waals surface area contributed by atoms with Gasteiger partial charge in [-0.15, -0.1) is 0 Å². The predicted molar refractivity (Wildman–Crippen MR) is 279 cm³/mol. The van der Waals surface area contributed by atoms with Crippen molar-refractivity contribution in [3.63, 3.8) is 0 Å². The number of benzene rings is 5. The second-order valence-corrected chi connectivity index (χ2v) is 18.8. The molecule has 0 aromatic heterocycles. The third-order valence-electron chi connectivity index (χ3n) is 13.9. The van der Waals surface area contributed by atoms with Crippen molar-refractivity contribution < 1.29 is 24.3 Å². The van der Waals surface area contributed by atoms with Crippen LogP contribution in [0, 0.1) is 22.7 Å². The van der Waals surface area contributed by atoms with E-state index in [0.717, 1.165) is 143 Å². The first kappa shape index (κ1) is 51.9. The van der Waals surface area contributed by atoms with Gasteiger partial charge in [-0.3, -0.25) is 14.4 Å². The Bertz CT molecular complexity index is 2660. The van der Waals surface area contributed by atoms with Crippen LogP contribution in [0.3, 0.4) is 0 Å². The minimum Gasteiger partial charge on any atom is -0.396 e. The van der Waals surface area contributed by atoms with Crippen LogP contribution in [0.1, 0.15) is 109 Å². The molecule has 0 aliphatic carbocycles. The number of aldehydes is 1. The van der Waals surface area contributed by atoms with Gasteiger partial charge in [-0.1, -0.05) is 78.9 Å². The number of likely N-dealkylation sites (tertiary alicyclic amines) is 1. The number of piperidine rings is 3. The summed E-state index contributed by atoms with van der Waals surface area (Å²) in [5.74, 6) is 1.78. The molecule has 5 heterocycles. The van der Waals surface area contributed by atoms with Crippen LogP contribution in [0.25, 0.3) is 0 Å². The minimum absolute atomic E-state index is 0.124. The van der Waals surface area contributed by atoms with E-state index in [4.69, 9.17) is 15.6 Å². The van der Waals surface area contributed by atoms with Crippen LogP contribution in [0.2, 0.25) is 0 Å². The number of anilines is 3. The van der Waals surface area contributed by atoms with Crippen molar-refractivity contribution in [1.29, 1.82) is 10.5 Å². The van der Waals surface area contributed by atoms with Crippen molar-refractivity contribution in [2.45, 2.75) is 88.9 Å². The molecule has 0 bridgehead atoms. The number of rotatable bonds is 12. The number of hydrogen-bond donors (Lipinski definition) is 2. The fourth-order valence-corrected chi connectivity index (χ4v) is 9.80. The van der Waals surface area contributed by atoms with E-state index >= 15 is 0 Å². The highest BCUT2D eigenvalue weighted by Crippen LogP contribution is 2.31. The number of carbonyl (C=O) groups is 4. The van der Waals surface area contributed by atoms with E-state index in [2.05, 4.69) is 52.7 Å². The minimum atomic E-state index is 0.124. The van der Waals surface area contributed by atoms with Crippen LogP contribution in [0.4, 0.5) is 17.1 Å². The van der Waals surface area contributed by atoms with Crippen LogP contribution in [-0.4, -0.2) is 93.0 Å². The molecule has 0 saturated carbocycles. The zero-order chi connectivity index (χ0) is 49.8. The number of hydrogen-bond acceptors (Lipinski definition) is 9. The predicted octanol–water partition coefficient (Wildman–Crippen LogP) is 8.65. The molecule has 368 valence electrons. The van der Waals surface area contributed by atoms with Gasteiger partial charge in [0.1, 0.15) is 6.29 Å². The van der Waals surface area contributed by atoms with Gasteiger partial charge in [-0.05, 0) is 122 Å². The number of aliphatic hydroxyl groups is 1. The van der Waals surface area contributed by atoms with Crippen LogP contribution in [0.5, 0.6) is 0 Å². The maximum atomic E-state index is 12.3. The van der Waals surface area contributed by atoms with E-state index in [1.807, 2.05) is 106 Å². The van der Waals surface area contributed by atoms with Crippen molar-refractivity contribution in [3.8, 4) is 12.1 Å². The highest BCUT2D eigenvalue weighted by atomic mass is 16.3. The van der Waals surface area contributed by atoms with Crippen molar-refractivity contribution in [1.82, 2.24) is 10.2 Å². The molecule has 5 saturated heterocycles. The fraction of sp³-hybridized carbons (Fsp3) is 0.390. The van der Waals surface area contributed by atoms with Crippen LogP contribution >= 0.6 is 0 Å². The summed E-state index contributed by atoms with van der Waals surface area (Å²) in [6.45, 7) is 7.74. The Morgan fingerprint density at radius 2 is 0.986 bits per heavy atom. The van der Waals surface area contributed by atoms with Gasteiger partial charge in [0.25, 0.3) is 0 Å². The largest absolute Gasteiger partial charge is 0.396 e. The van der Waals surface area contributed by atoms with E-state index in [-0.39, 0.29) is 24.3 Å². The molecule has 71 heavy (non-hydrogen) atoms. The molecule has 0 atom stereocenters. The van der Waals surface area contributed by atoms with Gasteiger partial charge in [-0.25, -0.2) is 0 Å². The molecule has 10 rings (SSSR count). The van der Waals surface area contributed by atoms with E-state index in [0.29, 0.717) is 43.9 Å². The second kappa shape index (κ2) is 26.9. The Labute approximate surface area is 419 Å². The lowest BCUT2D eigenvalue weighted by molar-refractivity contribution is -0.120. The van der Waals surface area contributed by atoms with Crippen LogP contribution in [-0.2, 0) is 38.4 Å². The molecule has 5 aliphatic heterocycles. The molecule has 3 amide bonds. The number of nitriles is 2. The third-order valence-corrected chi connectivity index (χ3v) is 13.9. The molecule has 5 aromatic carbocycles. The summed E-state index contributed by atoms with van der Waals surface area (Å²) >= 11 is 0. The van der Waals surface area contributed by atoms with Crippen molar-refractivity contribution >= 4 is 41.1 Å². The zero-order valence-electron chi connectivity index (χ0n) is 40.9. The molecule has 5 aliphatic rings. The summed E-state index contributed by atoms with van der Waals surface area (Å²) in [6, 6.07) is 44.0. The molecule has 5 aromatic rings. The maximum absolute atomic E-state index is 12.3. The lowest BCUT2D eigenvalue weighted by Crippen LogP contribution is -2.45. The van der Waals surface area contributed by atoms with Gasteiger partial charge < -0.3 is 34.8 Å². The first-order chi connectivity index (χ1) is 34.8. The van der Waals surface area contributed by atoms with E-state index in [1.165, 1.54) is 16.7 Å². The Balaban J connectivity index is 0.000000146. The molecule has 0 unspecified atom stereocenters. The van der Waals surface area contributed by atoms with Gasteiger partial charge in [0.2, 0.25) is 17.7 Å². The molecule has 12 nitrogen and oxygen atoms in total. The molecule has 0 radical (unpaired) electrons. The molecule has 12 heteroatoms. The highest BCUT2D eigenvalue weighted by Gasteiger charge is 2.29. The zero-order valence-corrected chi connectivity index (χ0v) is 40.9. The molecule has 5 fully saturated rings. The molecule has 0 spiro atoms. The van der Waals surface area contributed by atoms with Gasteiger partial charge in [-0.2, -0.15) is 10.5 Å². The molecule has 2 N–H and O–H groups in total. The smallest absolute Gasteiger partial charge is 0.226 e. The monoisotopic (exact) mass is 954 g/mol. The number of aliphatic hydroxyl groups excluding tert-OH is 1. The van der Waals surface area contributed by atoms with E-state index in [1.54, 1.807) is 0 Å². The maximum Gasteiger partial charge on any atom is 0.226 e. The van der Waals surface area contributed by atoms with Crippen LogP contribution < -0.4 is 20.0 Å². The Kier molecular flexibility index (Phi) is 19.6. The average Bonchev–Trinajstić information content (AvgIpc) is 3.37. The van der Waals surface area contributed by atoms with Crippen LogP contribution in [0.15, 0.2) is 121 Å². The van der Waals surface area contributed by atoms with Gasteiger partial charge >= 0.3 is 0 Å². The van der Waals surface area contributed by atoms with Crippen molar-refractivity contribution in [2.75, 3.05) is 73.7 Å². The normalized spacial score (nSPS) is 17.1. The second-order valence-electron chi connectivity index (χ2n) is 18.8. The van der Waals surface area contributed by atoms with E-state index < -0.39 is 0 Å². The third kappa shape index (κ3) is 14.3. The average molecular weight is 954 g/mol. The first-order valence-corrected chi connectivity index (χ1v) is 25.4. The summed E-state index contributed by atoms with van der Waals surface area (Å²) in [6.07, 6.45) is 11.0. The van der Waals surface area contributed by atoms with Crippen molar-refractivity contribution in [2.24, 2.45) is 0 Å². The SMILES string of the molecule is N#Cc1cccc(C2CN(CCc3ccccc3N3CCCCC3=O)C2)c1.N#Cc1cccc(C2CNC2)c1.O=C1CCCCN1c1ccccc1CCO.O=CCc1ccccc1N1CCCCC1=O. The highest BCUT2D eigenvalue weighted by molar-refractivity contribution is 5.96. The number of carbonyl (C=O) groups excluding carboxylic acids is 4. The lowest BCUT2D eigenvalue weighted by atomic mass is 9.90. The number of nitrogens with one attached hydrogen (secondary N) is 1. The van der Waals surface area contributed by atoms with E-state index in [9.17, 15) is 19.2 Å². The standard InChI is InChI=1S/C23H25N3O.C13H17NO2.C13H15NO2.C10H10N2/c24-15-18-6-5-8-20(14-18)21-16-25(17-21)13-11-19-7-1-2-9-22(19)26-12-4-3-10-23(26)27;2*15-10-8-11-5-1-2-6-12(11)14-9-4-3-7-13(14)16;11-5-8-2-1-3-9(4-8)10-6-12-7-10/h1-2,5-9,14,21H,3-4,10-13,16-17H2;1-2,5-6,15H,3-4,7-10H2;1-2,5-6,10H,3-4,7-9H2;1-4,10,12H,6-7H2.